The zero-order valence-corrected chi connectivity index (χ0v) is 21.6. The summed E-state index contributed by atoms with van der Waals surface area (Å²) in [5, 5.41) is 21.1. The Labute approximate surface area is 214 Å². The van der Waals surface area contributed by atoms with Crippen LogP contribution in [0.2, 0.25) is 0 Å². The van der Waals surface area contributed by atoms with E-state index < -0.39 is 6.10 Å². The van der Waals surface area contributed by atoms with E-state index in [9.17, 15) is 10.2 Å². The zero-order chi connectivity index (χ0) is 20.9. The van der Waals surface area contributed by atoms with E-state index in [4.69, 9.17) is 4.74 Å². The van der Waals surface area contributed by atoms with Crippen LogP contribution in [0.4, 0.5) is 0 Å². The van der Waals surface area contributed by atoms with Gasteiger partial charge in [-0.05, 0) is 48.9 Å². The molecule has 0 aliphatic heterocycles. The predicted molar refractivity (Wildman–Crippen MR) is 121 cm³/mol. The number of rotatable bonds is 8. The summed E-state index contributed by atoms with van der Waals surface area (Å²) in [6, 6.07) is 23.3. The maximum atomic E-state index is 10.6. The van der Waals surface area contributed by atoms with Gasteiger partial charge < -0.3 is 14.9 Å². The van der Waals surface area contributed by atoms with Gasteiger partial charge in [0, 0.05) is 61.4 Å². The van der Waals surface area contributed by atoms with Crippen LogP contribution in [0.1, 0.15) is 51.3 Å². The summed E-state index contributed by atoms with van der Waals surface area (Å²) in [4.78, 5) is 2.47. The molecule has 2 N–H and O–H groups in total. The third-order valence-electron chi connectivity index (χ3n) is 6.07. The van der Waals surface area contributed by atoms with Crippen LogP contribution in [0.25, 0.3) is 0 Å². The average Bonchev–Trinajstić information content (AvgIpc) is 3.34. The molecule has 31 heavy (non-hydrogen) atoms. The van der Waals surface area contributed by atoms with Crippen molar-refractivity contribution in [3.63, 3.8) is 0 Å². The minimum absolute atomic E-state index is 0. The van der Waals surface area contributed by atoms with Crippen molar-refractivity contribution >= 4 is 11.3 Å². The van der Waals surface area contributed by atoms with E-state index in [2.05, 4.69) is 37.3 Å². The van der Waals surface area contributed by atoms with E-state index in [1.807, 2.05) is 36.4 Å². The first-order chi connectivity index (χ1) is 14.6. The van der Waals surface area contributed by atoms with Crippen molar-refractivity contribution in [1.29, 1.82) is 0 Å². The Morgan fingerprint density at radius 3 is 2.61 bits per heavy atom. The number of aliphatic hydroxyl groups excluding tert-OH is 2. The number of hydrogen-bond acceptors (Lipinski definition) is 4. The summed E-state index contributed by atoms with van der Waals surface area (Å²) in [6.07, 6.45) is 1.59. The van der Waals surface area contributed by atoms with Crippen LogP contribution in [0, 0.1) is 18.9 Å². The molecule has 1 aromatic heterocycles. The molecule has 4 atom stereocenters. The summed E-state index contributed by atoms with van der Waals surface area (Å²) in [5.41, 5.74) is 3.26. The molecule has 1 saturated carbocycles. The van der Waals surface area contributed by atoms with Crippen molar-refractivity contribution in [3.8, 4) is 0 Å². The fraction of sp³-hybridized carbons (Fsp3) is 0.385. The largest absolute Gasteiger partial charge is 0.393 e. The van der Waals surface area contributed by atoms with Gasteiger partial charge in [0.2, 0.25) is 0 Å². The van der Waals surface area contributed by atoms with Gasteiger partial charge in [0.15, 0.2) is 0 Å². The normalized spacial score (nSPS) is 21.6. The van der Waals surface area contributed by atoms with E-state index in [0.717, 1.165) is 24.0 Å². The fourth-order valence-electron chi connectivity index (χ4n) is 4.39. The van der Waals surface area contributed by atoms with Gasteiger partial charge >= 0.3 is 0 Å². The first-order valence-corrected chi connectivity index (χ1v) is 11.5. The van der Waals surface area contributed by atoms with E-state index in [0.29, 0.717) is 19.6 Å². The molecule has 0 saturated heterocycles. The molecule has 4 unspecified atom stereocenters. The molecular formula is C26H29O3SY-. The average molecular weight is 510 g/mol. The molecule has 161 valence electrons. The van der Waals surface area contributed by atoms with Gasteiger partial charge in [-0.1, -0.05) is 24.3 Å². The number of thiophene rings is 1. The summed E-state index contributed by atoms with van der Waals surface area (Å²) in [6.45, 7) is 3.17. The summed E-state index contributed by atoms with van der Waals surface area (Å²) in [5.74, 6) is 0.385. The molecule has 0 bridgehead atoms. The molecule has 1 heterocycles. The zero-order valence-electron chi connectivity index (χ0n) is 17.9. The maximum absolute atomic E-state index is 10.6. The van der Waals surface area contributed by atoms with Crippen LogP contribution >= 0.6 is 11.3 Å². The van der Waals surface area contributed by atoms with Gasteiger partial charge in [-0.2, -0.15) is 30.3 Å². The Morgan fingerprint density at radius 2 is 1.94 bits per heavy atom. The Morgan fingerprint density at radius 1 is 1.13 bits per heavy atom. The van der Waals surface area contributed by atoms with Gasteiger partial charge in [0.1, 0.15) is 0 Å². The third-order valence-corrected chi connectivity index (χ3v) is 7.10. The minimum Gasteiger partial charge on any atom is -0.393 e. The second-order valence-electron chi connectivity index (χ2n) is 8.24. The molecular weight excluding hydrogens is 481 g/mol. The minimum atomic E-state index is -0.493. The third kappa shape index (κ3) is 6.57. The molecule has 0 spiro atoms. The standard InChI is InChI=1S/C26H29O3S.Y/c1-18-7-12-22(30-18)15-26(28)21-10-8-20(9-11-21)23-13-14-25(27)24(23)17-29-16-19-5-3-2-4-6-19;/h2-3,5-12,23-28H,13-17H2,1H3;/q-1;. The number of ether oxygens (including phenoxy) is 1. The van der Waals surface area contributed by atoms with Gasteiger partial charge in [-0.15, -0.1) is 16.9 Å². The molecule has 3 aromatic rings. The van der Waals surface area contributed by atoms with Crippen LogP contribution in [0.3, 0.4) is 0 Å². The molecule has 1 fully saturated rings. The van der Waals surface area contributed by atoms with Crippen LogP contribution in [0.5, 0.6) is 0 Å². The van der Waals surface area contributed by atoms with Crippen LogP contribution in [0.15, 0.2) is 60.7 Å². The van der Waals surface area contributed by atoms with Crippen molar-refractivity contribution in [3.05, 3.63) is 93.2 Å². The van der Waals surface area contributed by atoms with Gasteiger partial charge in [-0.3, -0.25) is 0 Å². The summed E-state index contributed by atoms with van der Waals surface area (Å²) < 4.78 is 5.94. The van der Waals surface area contributed by atoms with E-state index in [1.54, 1.807) is 11.3 Å². The molecule has 0 amide bonds. The Hall–Kier alpha value is -0.876. The van der Waals surface area contributed by atoms with E-state index in [1.165, 1.54) is 15.3 Å². The first-order valence-electron chi connectivity index (χ1n) is 10.6. The van der Waals surface area contributed by atoms with Crippen molar-refractivity contribution in [2.24, 2.45) is 5.92 Å². The topological polar surface area (TPSA) is 49.7 Å². The molecule has 2 aromatic carbocycles. The molecule has 5 heteroatoms. The van der Waals surface area contributed by atoms with E-state index >= 15 is 0 Å². The SMILES string of the molecule is Cc1ccc(CC(O)c2ccc(C3CCC(O)C3COCc3c[c-]ccc3)cc2)s1.[Y]. The molecule has 4 rings (SSSR count). The Balaban J connectivity index is 0.00000272. The second kappa shape index (κ2) is 11.8. The van der Waals surface area contributed by atoms with Gasteiger partial charge in [0.05, 0.1) is 18.8 Å². The smallest absolute Gasteiger partial charge is 0.0838 e. The van der Waals surface area contributed by atoms with Crippen molar-refractivity contribution in [2.45, 2.75) is 50.9 Å². The molecule has 1 aliphatic rings. The van der Waals surface area contributed by atoms with Gasteiger partial charge in [0.25, 0.3) is 0 Å². The quantitative estimate of drug-likeness (QED) is 0.410. The first kappa shape index (κ1) is 24.8. The number of aliphatic hydroxyl groups is 2. The summed E-state index contributed by atoms with van der Waals surface area (Å²) in [7, 11) is 0. The van der Waals surface area contributed by atoms with Crippen molar-refractivity contribution < 1.29 is 47.7 Å². The Kier molecular flexibility index (Phi) is 9.45. The van der Waals surface area contributed by atoms with Crippen LogP contribution in [-0.4, -0.2) is 22.9 Å². The molecule has 1 radical (unpaired) electrons. The number of hydrogen-bond donors (Lipinski definition) is 2. The monoisotopic (exact) mass is 510 g/mol. The molecule has 1 aliphatic carbocycles. The second-order valence-corrected chi connectivity index (χ2v) is 9.61. The Bertz CT molecular complexity index is 925. The van der Waals surface area contributed by atoms with Crippen molar-refractivity contribution in [2.75, 3.05) is 6.61 Å². The number of benzene rings is 2. The fourth-order valence-corrected chi connectivity index (χ4v) is 5.32. The summed E-state index contributed by atoms with van der Waals surface area (Å²) >= 11 is 1.74. The van der Waals surface area contributed by atoms with E-state index in [-0.39, 0.29) is 50.6 Å². The predicted octanol–water partition coefficient (Wildman–Crippen LogP) is 5.20. The molecule has 3 nitrogen and oxygen atoms in total. The van der Waals surface area contributed by atoms with Gasteiger partial charge in [-0.25, -0.2) is 0 Å². The van der Waals surface area contributed by atoms with Crippen LogP contribution in [-0.2, 0) is 50.5 Å². The maximum Gasteiger partial charge on any atom is 0.0838 e. The van der Waals surface area contributed by atoms with Crippen molar-refractivity contribution in [1.82, 2.24) is 0 Å². The number of aryl methyl sites for hydroxylation is 1. The van der Waals surface area contributed by atoms with Crippen LogP contribution < -0.4 is 0 Å².